The van der Waals surface area contributed by atoms with E-state index >= 15 is 0 Å². The van der Waals surface area contributed by atoms with E-state index in [2.05, 4.69) is 64.9 Å². The monoisotopic (exact) mass is 478 g/mol. The molecule has 5 aliphatic carbocycles. The largest absolute Gasteiger partial charge is 0.461 e. The maximum Gasteiger partial charge on any atom is 0.312 e. The Labute approximate surface area is 211 Å². The van der Waals surface area contributed by atoms with E-state index in [0.717, 1.165) is 25.2 Å². The minimum atomic E-state index is -0.187. The quantitative estimate of drug-likeness (QED) is 0.415. The molecule has 0 spiro atoms. The summed E-state index contributed by atoms with van der Waals surface area (Å²) in [7, 11) is 0. The molecule has 1 aromatic rings. The maximum atomic E-state index is 13.4. The van der Waals surface area contributed by atoms with Crippen LogP contribution in [0.2, 0.25) is 0 Å². The van der Waals surface area contributed by atoms with Crippen LogP contribution in [0.1, 0.15) is 111 Å². The van der Waals surface area contributed by atoms with Crippen molar-refractivity contribution in [3.05, 3.63) is 17.5 Å². The van der Waals surface area contributed by atoms with Gasteiger partial charge in [0.25, 0.3) is 0 Å². The highest BCUT2D eigenvalue weighted by Gasteiger charge is 2.75. The van der Waals surface area contributed by atoms with Crippen LogP contribution in [0, 0.1) is 50.7 Å². The number of carbonyl (C=O) groups excluding carboxylic acids is 1. The molecule has 35 heavy (non-hydrogen) atoms. The van der Waals surface area contributed by atoms with Crippen molar-refractivity contribution >= 4 is 5.97 Å². The molecule has 1 saturated heterocycles. The third-order valence-electron chi connectivity index (χ3n) is 14.1. The fourth-order valence-corrected chi connectivity index (χ4v) is 12.2. The summed E-state index contributed by atoms with van der Waals surface area (Å²) in [5.41, 5.74) is 3.79. The Morgan fingerprint density at radius 3 is 2.40 bits per heavy atom. The van der Waals surface area contributed by atoms with Crippen LogP contribution in [0.25, 0.3) is 0 Å². The summed E-state index contributed by atoms with van der Waals surface area (Å²) in [5.74, 6) is 2.59. The van der Waals surface area contributed by atoms with Crippen LogP contribution in [-0.4, -0.2) is 22.3 Å². The predicted octanol–water partition coefficient (Wildman–Crippen LogP) is 6.84. The lowest BCUT2D eigenvalue weighted by atomic mass is 9.31. The topological polar surface area (TPSA) is 55.0 Å². The van der Waals surface area contributed by atoms with Gasteiger partial charge >= 0.3 is 5.97 Å². The van der Waals surface area contributed by atoms with Crippen molar-refractivity contribution in [2.75, 3.05) is 0 Å². The molecule has 0 radical (unpaired) electrons. The van der Waals surface area contributed by atoms with E-state index in [4.69, 9.17) is 4.74 Å². The first-order valence-corrected chi connectivity index (χ1v) is 14.6. The highest BCUT2D eigenvalue weighted by atomic mass is 16.6. The number of aromatic nitrogens is 2. The lowest BCUT2D eigenvalue weighted by Crippen LogP contribution is -2.67. The Morgan fingerprint density at radius 2 is 1.63 bits per heavy atom. The number of carbonyl (C=O) groups is 1. The average molecular weight is 479 g/mol. The van der Waals surface area contributed by atoms with Crippen molar-refractivity contribution in [1.29, 1.82) is 0 Å². The second-order valence-electron chi connectivity index (χ2n) is 15.8. The smallest absolute Gasteiger partial charge is 0.312 e. The molecule has 2 heterocycles. The molecule has 5 fully saturated rings. The molecule has 2 bridgehead atoms. The van der Waals surface area contributed by atoms with Crippen LogP contribution in [0.5, 0.6) is 0 Å². The van der Waals surface area contributed by atoms with Gasteiger partial charge in [0, 0.05) is 22.4 Å². The lowest BCUT2D eigenvalue weighted by Gasteiger charge is -2.72. The molecule has 1 aliphatic heterocycles. The van der Waals surface area contributed by atoms with Crippen molar-refractivity contribution in [2.24, 2.45) is 50.7 Å². The number of esters is 1. The third-order valence-corrected chi connectivity index (χ3v) is 14.1. The molecule has 0 aromatic carbocycles. The van der Waals surface area contributed by atoms with E-state index in [1.165, 1.54) is 49.8 Å². The van der Waals surface area contributed by atoms with Gasteiger partial charge in [0.15, 0.2) is 0 Å². The molecule has 4 saturated carbocycles. The summed E-state index contributed by atoms with van der Waals surface area (Å²) in [6.45, 7) is 17.6. The van der Waals surface area contributed by atoms with E-state index in [-0.39, 0.29) is 33.7 Å². The Balaban J connectivity index is 1.31. The molecule has 6 aliphatic rings. The van der Waals surface area contributed by atoms with Gasteiger partial charge in [-0.1, -0.05) is 48.5 Å². The van der Waals surface area contributed by atoms with Crippen molar-refractivity contribution in [3.8, 4) is 0 Å². The van der Waals surface area contributed by atoms with Crippen LogP contribution < -0.4 is 0 Å². The minimum absolute atomic E-state index is 0.102. The third kappa shape index (κ3) is 2.38. The van der Waals surface area contributed by atoms with E-state index in [9.17, 15) is 4.79 Å². The maximum absolute atomic E-state index is 13.4. The highest BCUT2D eigenvalue weighted by molar-refractivity contribution is 5.81. The van der Waals surface area contributed by atoms with Gasteiger partial charge < -0.3 is 4.74 Å². The van der Waals surface area contributed by atoms with E-state index in [0.29, 0.717) is 28.6 Å². The number of hydrogen-bond donors (Lipinski definition) is 1. The van der Waals surface area contributed by atoms with Crippen LogP contribution in [0.4, 0.5) is 0 Å². The van der Waals surface area contributed by atoms with Crippen LogP contribution >= 0.6 is 0 Å². The number of nitrogens with one attached hydrogen (secondary N) is 1. The lowest BCUT2D eigenvalue weighted by molar-refractivity contribution is -0.232. The second-order valence-corrected chi connectivity index (χ2v) is 15.8. The zero-order chi connectivity index (χ0) is 24.8. The van der Waals surface area contributed by atoms with Gasteiger partial charge in [0.2, 0.25) is 0 Å². The molecule has 1 N–H and O–H groups in total. The number of hydrogen-bond acceptors (Lipinski definition) is 3. The van der Waals surface area contributed by atoms with Gasteiger partial charge in [-0.15, -0.1) is 0 Å². The summed E-state index contributed by atoms with van der Waals surface area (Å²) < 4.78 is 6.32. The molecule has 4 nitrogen and oxygen atoms in total. The molecular weight excluding hydrogens is 432 g/mol. The average Bonchev–Trinajstić information content (AvgIpc) is 3.34. The van der Waals surface area contributed by atoms with Crippen molar-refractivity contribution in [3.63, 3.8) is 0 Å². The Bertz CT molecular complexity index is 1100. The SMILES string of the molecule is CC1(C)CC[C@]23CC[C@]4(C)[C@H](CC[C@@H]5[C@@]6(C)Cc7cn[nH]c7C(C)(C)[C@@H]6CC[C@]54C)[C@H]2[C@H]1OC3=O. The van der Waals surface area contributed by atoms with Gasteiger partial charge in [-0.3, -0.25) is 9.89 Å². The van der Waals surface area contributed by atoms with Gasteiger partial charge in [-0.05, 0) is 97.3 Å². The Morgan fingerprint density at radius 1 is 0.886 bits per heavy atom. The highest BCUT2D eigenvalue weighted by Crippen LogP contribution is 2.77. The van der Waals surface area contributed by atoms with Crippen LogP contribution in [-0.2, 0) is 21.4 Å². The van der Waals surface area contributed by atoms with Crippen LogP contribution in [0.15, 0.2) is 6.20 Å². The van der Waals surface area contributed by atoms with Gasteiger partial charge in [-0.2, -0.15) is 5.10 Å². The number of H-pyrrole nitrogens is 1. The van der Waals surface area contributed by atoms with Crippen molar-refractivity contribution in [1.82, 2.24) is 10.2 Å². The van der Waals surface area contributed by atoms with Gasteiger partial charge in [-0.25, -0.2) is 0 Å². The molecule has 0 amide bonds. The fraction of sp³-hybridized carbons (Fsp3) is 0.871. The Hall–Kier alpha value is -1.32. The van der Waals surface area contributed by atoms with E-state index in [1.54, 1.807) is 0 Å². The zero-order valence-corrected chi connectivity index (χ0v) is 23.1. The molecule has 192 valence electrons. The standard InChI is InChI=1S/C31H46N2O2/c1-26(2)12-14-31-15-13-29(6)19(22(31)24(26)35-25(31)34)8-9-21-28(5)16-18-17-32-33-23(18)27(3,4)20(28)10-11-30(21,29)7/h17,19-22,24H,8-16H2,1-7H3,(H,32,33)/t19-,20+,21-,22+,24-,28+,29-,30-,31+/m1/s1. The Kier molecular flexibility index (Phi) is 4.17. The molecule has 1 aromatic heterocycles. The van der Waals surface area contributed by atoms with Gasteiger partial charge in [0.1, 0.15) is 6.10 Å². The predicted molar refractivity (Wildman–Crippen MR) is 137 cm³/mol. The first kappa shape index (κ1) is 22.8. The zero-order valence-electron chi connectivity index (χ0n) is 23.1. The number of nitrogens with zero attached hydrogens (tertiary/aromatic N) is 1. The molecular formula is C31H46N2O2. The first-order valence-electron chi connectivity index (χ1n) is 14.6. The second kappa shape index (κ2) is 6.38. The summed E-state index contributed by atoms with van der Waals surface area (Å²) >= 11 is 0. The molecule has 4 heteroatoms. The summed E-state index contributed by atoms with van der Waals surface area (Å²) in [5, 5.41) is 7.90. The number of fused-ring (bicyclic) bond motifs is 6. The van der Waals surface area contributed by atoms with Crippen molar-refractivity contribution in [2.45, 2.75) is 118 Å². The minimum Gasteiger partial charge on any atom is -0.461 e. The first-order chi connectivity index (χ1) is 16.3. The van der Waals surface area contributed by atoms with Crippen molar-refractivity contribution < 1.29 is 9.53 Å². The normalized spacial score (nSPS) is 52.9. The number of ether oxygens (including phenoxy) is 1. The number of aromatic amines is 1. The van der Waals surface area contributed by atoms with Gasteiger partial charge in [0.05, 0.1) is 11.6 Å². The number of rotatable bonds is 0. The van der Waals surface area contributed by atoms with E-state index < -0.39 is 0 Å². The summed E-state index contributed by atoms with van der Waals surface area (Å²) in [4.78, 5) is 13.4. The molecule has 9 atom stereocenters. The summed E-state index contributed by atoms with van der Waals surface area (Å²) in [6, 6.07) is 0. The van der Waals surface area contributed by atoms with E-state index in [1.807, 2.05) is 0 Å². The van der Waals surface area contributed by atoms with Crippen LogP contribution in [0.3, 0.4) is 0 Å². The molecule has 7 rings (SSSR count). The fourth-order valence-electron chi connectivity index (χ4n) is 12.2. The molecule has 0 unspecified atom stereocenters. The summed E-state index contributed by atoms with van der Waals surface area (Å²) in [6.07, 6.45) is 13.0.